The van der Waals surface area contributed by atoms with E-state index in [4.69, 9.17) is 5.11 Å². The molecule has 0 aromatic heterocycles. The highest BCUT2D eigenvalue weighted by atomic mass is 16.4. The highest BCUT2D eigenvalue weighted by Gasteiger charge is 2.43. The Hall–Kier alpha value is -1.65. The molecule has 1 heterocycles. The van der Waals surface area contributed by atoms with Gasteiger partial charge in [-0.25, -0.2) is 4.79 Å². The van der Waals surface area contributed by atoms with E-state index in [0.717, 1.165) is 17.1 Å². The van der Waals surface area contributed by atoms with Gasteiger partial charge in [-0.05, 0) is 5.41 Å². The molecule has 1 aliphatic rings. The molecule has 2 amide bonds. The molecule has 0 aromatic rings. The highest BCUT2D eigenvalue weighted by molar-refractivity contribution is 6.14. The van der Waals surface area contributed by atoms with Crippen molar-refractivity contribution in [2.45, 2.75) is 26.8 Å². The Morgan fingerprint density at radius 2 is 1.67 bits per heavy atom. The van der Waals surface area contributed by atoms with Crippen LogP contribution in [-0.2, 0) is 14.4 Å². The summed E-state index contributed by atoms with van der Waals surface area (Å²) in [6, 6.07) is -1.13. The zero-order valence-corrected chi connectivity index (χ0v) is 8.85. The summed E-state index contributed by atoms with van der Waals surface area (Å²) in [7, 11) is 0. The fraction of sp³-hybridized carbons (Fsp3) is 0.500. The molecule has 0 saturated heterocycles. The molecule has 0 bridgehead atoms. The van der Waals surface area contributed by atoms with Crippen LogP contribution in [0.4, 0.5) is 0 Å². The van der Waals surface area contributed by atoms with Crippen molar-refractivity contribution in [3.05, 3.63) is 12.2 Å². The highest BCUT2D eigenvalue weighted by Crippen LogP contribution is 2.26. The lowest BCUT2D eigenvalue weighted by atomic mass is 9.85. The van der Waals surface area contributed by atoms with Crippen LogP contribution in [-0.4, -0.2) is 33.8 Å². The third-order valence-electron chi connectivity index (χ3n) is 2.16. The average Bonchev–Trinajstić information content (AvgIpc) is 2.32. The largest absolute Gasteiger partial charge is 0.480 e. The molecule has 1 unspecified atom stereocenters. The first-order chi connectivity index (χ1) is 6.75. The first-order valence-corrected chi connectivity index (χ1v) is 4.53. The van der Waals surface area contributed by atoms with Crippen molar-refractivity contribution < 1.29 is 19.5 Å². The van der Waals surface area contributed by atoms with Crippen molar-refractivity contribution in [3.8, 4) is 0 Å². The van der Waals surface area contributed by atoms with Gasteiger partial charge in [-0.3, -0.25) is 14.5 Å². The number of aliphatic carboxylic acids is 1. The van der Waals surface area contributed by atoms with Crippen LogP contribution >= 0.6 is 0 Å². The quantitative estimate of drug-likeness (QED) is 0.671. The van der Waals surface area contributed by atoms with Crippen LogP contribution in [0.2, 0.25) is 0 Å². The summed E-state index contributed by atoms with van der Waals surface area (Å²) in [6.07, 6.45) is 2.17. The molecular weight excluding hydrogens is 198 g/mol. The third-order valence-corrected chi connectivity index (χ3v) is 2.16. The molecule has 1 rings (SSSR count). The molecule has 5 heteroatoms. The fourth-order valence-electron chi connectivity index (χ4n) is 1.53. The van der Waals surface area contributed by atoms with Crippen LogP contribution in [0.5, 0.6) is 0 Å². The summed E-state index contributed by atoms with van der Waals surface area (Å²) in [5.74, 6) is -2.31. The van der Waals surface area contributed by atoms with Crippen molar-refractivity contribution in [3.63, 3.8) is 0 Å². The van der Waals surface area contributed by atoms with E-state index in [1.54, 1.807) is 20.8 Å². The van der Waals surface area contributed by atoms with E-state index in [9.17, 15) is 14.4 Å². The molecule has 0 fully saturated rings. The van der Waals surface area contributed by atoms with Gasteiger partial charge in [0.25, 0.3) is 11.8 Å². The predicted octanol–water partition coefficient (Wildman–Crippen LogP) is 0.411. The zero-order valence-electron chi connectivity index (χ0n) is 8.85. The third kappa shape index (κ3) is 2.06. The molecular formula is C10H13NO4. The van der Waals surface area contributed by atoms with E-state index >= 15 is 0 Å². The zero-order chi connectivity index (χ0) is 11.8. The minimum Gasteiger partial charge on any atom is -0.480 e. The van der Waals surface area contributed by atoms with Gasteiger partial charge in [0, 0.05) is 12.2 Å². The molecule has 1 N–H and O–H groups in total. The SMILES string of the molecule is CC(C)(C)C(C(=O)O)N1C(=O)C=CC1=O. The maximum absolute atomic E-state index is 11.3. The van der Waals surface area contributed by atoms with Crippen LogP contribution in [0.25, 0.3) is 0 Å². The fourth-order valence-corrected chi connectivity index (χ4v) is 1.53. The van der Waals surface area contributed by atoms with Crippen LogP contribution < -0.4 is 0 Å². The van der Waals surface area contributed by atoms with Crippen molar-refractivity contribution >= 4 is 17.8 Å². The summed E-state index contributed by atoms with van der Waals surface area (Å²) in [5, 5.41) is 9.03. The van der Waals surface area contributed by atoms with Gasteiger partial charge in [-0.2, -0.15) is 0 Å². The smallest absolute Gasteiger partial charge is 0.327 e. The Morgan fingerprint density at radius 1 is 1.27 bits per heavy atom. The van der Waals surface area contributed by atoms with E-state index in [-0.39, 0.29) is 0 Å². The molecule has 0 saturated carbocycles. The molecule has 1 atom stereocenters. The van der Waals surface area contributed by atoms with Gasteiger partial charge in [-0.15, -0.1) is 0 Å². The summed E-state index contributed by atoms with van der Waals surface area (Å²) < 4.78 is 0. The van der Waals surface area contributed by atoms with E-state index in [1.165, 1.54) is 0 Å². The van der Waals surface area contributed by atoms with E-state index < -0.39 is 29.2 Å². The Labute approximate surface area is 87.4 Å². The summed E-state index contributed by atoms with van der Waals surface area (Å²) in [5.41, 5.74) is -0.691. The van der Waals surface area contributed by atoms with Crippen molar-refractivity contribution in [1.82, 2.24) is 4.90 Å². The number of nitrogens with zero attached hydrogens (tertiary/aromatic N) is 1. The second kappa shape index (κ2) is 3.49. The lowest BCUT2D eigenvalue weighted by Crippen LogP contribution is -2.52. The Morgan fingerprint density at radius 3 is 1.93 bits per heavy atom. The number of hydrogen-bond donors (Lipinski definition) is 1. The van der Waals surface area contributed by atoms with Crippen LogP contribution in [0, 0.1) is 5.41 Å². The van der Waals surface area contributed by atoms with Crippen molar-refractivity contribution in [2.75, 3.05) is 0 Å². The van der Waals surface area contributed by atoms with Crippen molar-refractivity contribution in [2.24, 2.45) is 5.41 Å². The number of imide groups is 1. The van der Waals surface area contributed by atoms with E-state index in [2.05, 4.69) is 0 Å². The second-order valence-electron chi connectivity index (χ2n) is 4.49. The maximum Gasteiger partial charge on any atom is 0.327 e. The first-order valence-electron chi connectivity index (χ1n) is 4.53. The van der Waals surface area contributed by atoms with Gasteiger partial charge < -0.3 is 5.11 Å². The summed E-state index contributed by atoms with van der Waals surface area (Å²) >= 11 is 0. The minimum atomic E-state index is -1.17. The topological polar surface area (TPSA) is 74.7 Å². The summed E-state index contributed by atoms with van der Waals surface area (Å²) in [4.78, 5) is 34.5. The lowest BCUT2D eigenvalue weighted by molar-refractivity contribution is -0.158. The van der Waals surface area contributed by atoms with Crippen LogP contribution in [0.3, 0.4) is 0 Å². The maximum atomic E-state index is 11.3. The number of amides is 2. The predicted molar refractivity (Wildman–Crippen MR) is 51.9 cm³/mol. The number of hydrogen-bond acceptors (Lipinski definition) is 3. The van der Waals surface area contributed by atoms with Gasteiger partial charge in [-0.1, -0.05) is 20.8 Å². The molecule has 0 aliphatic carbocycles. The number of carbonyl (C=O) groups is 3. The standard InChI is InChI=1S/C10H13NO4/c1-10(2,3)8(9(14)15)11-6(12)4-5-7(11)13/h4-5,8H,1-3H3,(H,14,15). The Kier molecular flexibility index (Phi) is 2.66. The Bertz CT molecular complexity index is 333. The number of carbonyl (C=O) groups excluding carboxylic acids is 2. The second-order valence-corrected chi connectivity index (χ2v) is 4.49. The molecule has 0 spiro atoms. The van der Waals surface area contributed by atoms with Gasteiger partial charge in [0.05, 0.1) is 0 Å². The lowest BCUT2D eigenvalue weighted by Gasteiger charge is -2.33. The minimum absolute atomic E-state index is 0.567. The molecule has 82 valence electrons. The van der Waals surface area contributed by atoms with Gasteiger partial charge in [0.2, 0.25) is 0 Å². The van der Waals surface area contributed by atoms with E-state index in [0.29, 0.717) is 0 Å². The monoisotopic (exact) mass is 211 g/mol. The van der Waals surface area contributed by atoms with Crippen LogP contribution in [0.15, 0.2) is 12.2 Å². The molecule has 15 heavy (non-hydrogen) atoms. The first kappa shape index (κ1) is 11.4. The average molecular weight is 211 g/mol. The van der Waals surface area contributed by atoms with Gasteiger partial charge in [0.15, 0.2) is 0 Å². The summed E-state index contributed by atoms with van der Waals surface area (Å²) in [6.45, 7) is 5.01. The van der Waals surface area contributed by atoms with E-state index in [1.807, 2.05) is 0 Å². The van der Waals surface area contributed by atoms with Gasteiger partial charge in [0.1, 0.15) is 6.04 Å². The number of carboxylic acids is 1. The molecule has 0 aromatic carbocycles. The molecule has 5 nitrogen and oxygen atoms in total. The number of carboxylic acid groups (broad SMARTS) is 1. The molecule has 1 aliphatic heterocycles. The number of rotatable bonds is 2. The van der Waals surface area contributed by atoms with Gasteiger partial charge >= 0.3 is 5.97 Å². The normalized spacial score (nSPS) is 18.5. The van der Waals surface area contributed by atoms with Crippen LogP contribution in [0.1, 0.15) is 20.8 Å². The van der Waals surface area contributed by atoms with Crippen molar-refractivity contribution in [1.29, 1.82) is 0 Å². The molecule has 0 radical (unpaired) electrons. The Balaban J connectivity index is 3.07.